The number of aromatic nitrogens is 2. The average molecular weight is 250 g/mol. The van der Waals surface area contributed by atoms with Crippen molar-refractivity contribution >= 4 is 16.9 Å². The van der Waals surface area contributed by atoms with Crippen LogP contribution in [0.15, 0.2) is 18.2 Å². The average Bonchev–Trinajstić information content (AvgIpc) is 2.70. The molecule has 0 aliphatic carbocycles. The van der Waals surface area contributed by atoms with Crippen LogP contribution in [0.2, 0.25) is 0 Å². The second kappa shape index (κ2) is 5.14. The van der Waals surface area contributed by atoms with Crippen LogP contribution >= 0.6 is 0 Å². The van der Waals surface area contributed by atoms with Crippen LogP contribution in [0.5, 0.6) is 0 Å². The lowest BCUT2D eigenvalue weighted by atomic mass is 10.3. The number of benzene rings is 1. The van der Waals surface area contributed by atoms with Crippen LogP contribution in [0.1, 0.15) is 12.7 Å². The summed E-state index contributed by atoms with van der Waals surface area (Å²) in [5.41, 5.74) is 6.79. The first-order chi connectivity index (χ1) is 8.56. The van der Waals surface area contributed by atoms with Gasteiger partial charge in [-0.15, -0.1) is 0 Å². The first-order valence-electron chi connectivity index (χ1n) is 5.73. The van der Waals surface area contributed by atoms with Crippen LogP contribution < -0.4 is 11.1 Å². The molecule has 0 fully saturated rings. The highest BCUT2D eigenvalue weighted by atomic mass is 19.1. The van der Waals surface area contributed by atoms with Crippen molar-refractivity contribution in [2.24, 2.45) is 5.73 Å². The molecule has 5 nitrogen and oxygen atoms in total. The summed E-state index contributed by atoms with van der Waals surface area (Å²) in [5, 5.41) is 2.69. The summed E-state index contributed by atoms with van der Waals surface area (Å²) in [4.78, 5) is 18.5. The molecule has 0 bridgehead atoms. The lowest BCUT2D eigenvalue weighted by Gasteiger charge is -2.05. The summed E-state index contributed by atoms with van der Waals surface area (Å²) in [7, 11) is 0. The first kappa shape index (κ1) is 12.5. The van der Waals surface area contributed by atoms with E-state index in [2.05, 4.69) is 15.3 Å². The Kier molecular flexibility index (Phi) is 3.57. The number of hydrogen-bond donors (Lipinski definition) is 3. The van der Waals surface area contributed by atoms with Crippen molar-refractivity contribution in [3.8, 4) is 0 Å². The molecule has 0 saturated carbocycles. The van der Waals surface area contributed by atoms with Gasteiger partial charge in [-0.1, -0.05) is 0 Å². The smallest absolute Gasteiger partial charge is 0.236 e. The number of nitrogens with zero attached hydrogens (tertiary/aromatic N) is 1. The molecule has 1 atom stereocenters. The van der Waals surface area contributed by atoms with Crippen molar-refractivity contribution in [1.82, 2.24) is 15.3 Å². The van der Waals surface area contributed by atoms with E-state index in [-0.39, 0.29) is 11.7 Å². The van der Waals surface area contributed by atoms with E-state index in [1.807, 2.05) is 0 Å². The van der Waals surface area contributed by atoms with Gasteiger partial charge < -0.3 is 16.0 Å². The second-order valence-corrected chi connectivity index (χ2v) is 4.17. The molecule has 0 aliphatic rings. The maximum atomic E-state index is 13.0. The summed E-state index contributed by atoms with van der Waals surface area (Å²) in [6, 6.07) is 3.86. The molecule has 2 aromatic rings. The summed E-state index contributed by atoms with van der Waals surface area (Å²) in [6.07, 6.45) is 0.550. The molecule has 0 aliphatic heterocycles. The van der Waals surface area contributed by atoms with Crippen LogP contribution in [0.25, 0.3) is 11.0 Å². The van der Waals surface area contributed by atoms with Crippen LogP contribution in [-0.2, 0) is 11.2 Å². The van der Waals surface area contributed by atoms with Crippen molar-refractivity contribution in [2.75, 3.05) is 6.54 Å². The molecule has 6 heteroatoms. The Labute approximate surface area is 104 Å². The fourth-order valence-electron chi connectivity index (χ4n) is 1.62. The number of nitrogens with one attached hydrogen (secondary N) is 2. The maximum Gasteiger partial charge on any atom is 0.236 e. The summed E-state index contributed by atoms with van der Waals surface area (Å²) in [5.74, 6) is 0.209. The van der Waals surface area contributed by atoms with E-state index in [0.717, 1.165) is 0 Å². The predicted molar refractivity (Wildman–Crippen MR) is 66.4 cm³/mol. The van der Waals surface area contributed by atoms with E-state index in [9.17, 15) is 9.18 Å². The Morgan fingerprint density at radius 2 is 2.39 bits per heavy atom. The predicted octanol–water partition coefficient (Wildman–Crippen LogP) is 0.708. The zero-order chi connectivity index (χ0) is 13.1. The topological polar surface area (TPSA) is 83.8 Å². The number of nitrogens with two attached hydrogens (primary N) is 1. The molecular weight excluding hydrogens is 235 g/mol. The van der Waals surface area contributed by atoms with Gasteiger partial charge in [0.2, 0.25) is 5.91 Å². The van der Waals surface area contributed by atoms with E-state index in [0.29, 0.717) is 29.8 Å². The quantitative estimate of drug-likeness (QED) is 0.747. The molecule has 1 amide bonds. The van der Waals surface area contributed by atoms with Crippen LogP contribution in [0, 0.1) is 5.82 Å². The Hall–Kier alpha value is -1.95. The van der Waals surface area contributed by atoms with Gasteiger partial charge in [0, 0.05) is 13.0 Å². The molecule has 0 radical (unpaired) electrons. The molecule has 1 aromatic heterocycles. The zero-order valence-electron chi connectivity index (χ0n) is 10.0. The number of imidazole rings is 1. The second-order valence-electron chi connectivity index (χ2n) is 4.17. The standard InChI is InChI=1S/C12H15FN4O/c1-7(14)12(18)15-5-4-11-16-9-3-2-8(13)6-10(9)17-11/h2-3,6-7H,4-5,14H2,1H3,(H,15,18)(H,16,17). The largest absolute Gasteiger partial charge is 0.354 e. The van der Waals surface area contributed by atoms with Crippen molar-refractivity contribution < 1.29 is 9.18 Å². The highest BCUT2D eigenvalue weighted by Crippen LogP contribution is 2.12. The number of aromatic amines is 1. The summed E-state index contributed by atoms with van der Waals surface area (Å²) in [6.45, 7) is 2.07. The first-order valence-corrected chi connectivity index (χ1v) is 5.73. The van der Waals surface area contributed by atoms with E-state index in [4.69, 9.17) is 5.73 Å². The molecule has 0 saturated heterocycles. The Morgan fingerprint density at radius 1 is 1.61 bits per heavy atom. The number of fused-ring (bicyclic) bond motifs is 1. The number of hydrogen-bond acceptors (Lipinski definition) is 3. The van der Waals surface area contributed by atoms with Crippen LogP contribution in [0.4, 0.5) is 4.39 Å². The van der Waals surface area contributed by atoms with Gasteiger partial charge in [-0.25, -0.2) is 9.37 Å². The van der Waals surface area contributed by atoms with Gasteiger partial charge in [0.1, 0.15) is 11.6 Å². The van der Waals surface area contributed by atoms with Gasteiger partial charge in [-0.3, -0.25) is 4.79 Å². The lowest BCUT2D eigenvalue weighted by molar-refractivity contribution is -0.121. The van der Waals surface area contributed by atoms with Gasteiger partial charge in [0.15, 0.2) is 0 Å². The normalized spacial score (nSPS) is 12.6. The molecule has 0 spiro atoms. The molecule has 1 aromatic carbocycles. The van der Waals surface area contributed by atoms with Crippen molar-refractivity contribution in [3.05, 3.63) is 29.8 Å². The van der Waals surface area contributed by atoms with Gasteiger partial charge in [-0.05, 0) is 25.1 Å². The Morgan fingerprint density at radius 3 is 3.11 bits per heavy atom. The van der Waals surface area contributed by atoms with Crippen LogP contribution in [0.3, 0.4) is 0 Å². The fourth-order valence-corrected chi connectivity index (χ4v) is 1.62. The number of carbonyl (C=O) groups is 1. The number of halogens is 1. The molecule has 1 unspecified atom stereocenters. The van der Waals surface area contributed by atoms with E-state index >= 15 is 0 Å². The third kappa shape index (κ3) is 2.84. The van der Waals surface area contributed by atoms with Gasteiger partial charge >= 0.3 is 0 Å². The van der Waals surface area contributed by atoms with E-state index < -0.39 is 6.04 Å². The van der Waals surface area contributed by atoms with Crippen molar-refractivity contribution in [2.45, 2.75) is 19.4 Å². The van der Waals surface area contributed by atoms with Gasteiger partial charge in [-0.2, -0.15) is 0 Å². The van der Waals surface area contributed by atoms with Crippen LogP contribution in [-0.4, -0.2) is 28.5 Å². The SMILES string of the molecule is CC(N)C(=O)NCCc1nc2ccc(F)cc2[nH]1. The van der Waals surface area contributed by atoms with E-state index in [1.54, 1.807) is 13.0 Å². The molecule has 96 valence electrons. The molecule has 1 heterocycles. The number of amides is 1. The third-order valence-corrected chi connectivity index (χ3v) is 2.57. The van der Waals surface area contributed by atoms with Crippen molar-refractivity contribution in [1.29, 1.82) is 0 Å². The third-order valence-electron chi connectivity index (χ3n) is 2.57. The molecule has 4 N–H and O–H groups in total. The number of carbonyl (C=O) groups excluding carboxylic acids is 1. The number of H-pyrrole nitrogens is 1. The highest BCUT2D eigenvalue weighted by molar-refractivity contribution is 5.81. The zero-order valence-corrected chi connectivity index (χ0v) is 10.0. The van der Waals surface area contributed by atoms with Gasteiger partial charge in [0.25, 0.3) is 0 Å². The maximum absolute atomic E-state index is 13.0. The molecular formula is C12H15FN4O. The highest BCUT2D eigenvalue weighted by Gasteiger charge is 2.07. The molecule has 2 rings (SSSR count). The minimum absolute atomic E-state index is 0.197. The minimum atomic E-state index is -0.519. The Bertz CT molecular complexity index is 564. The van der Waals surface area contributed by atoms with E-state index in [1.165, 1.54) is 12.1 Å². The van der Waals surface area contributed by atoms with Crippen molar-refractivity contribution in [3.63, 3.8) is 0 Å². The number of rotatable bonds is 4. The summed E-state index contributed by atoms with van der Waals surface area (Å²) < 4.78 is 13.0. The fraction of sp³-hybridized carbons (Fsp3) is 0.333. The summed E-state index contributed by atoms with van der Waals surface area (Å²) >= 11 is 0. The monoisotopic (exact) mass is 250 g/mol. The van der Waals surface area contributed by atoms with Gasteiger partial charge in [0.05, 0.1) is 17.1 Å². The Balaban J connectivity index is 1.98. The molecule has 18 heavy (non-hydrogen) atoms. The lowest BCUT2D eigenvalue weighted by Crippen LogP contribution is -2.39. The minimum Gasteiger partial charge on any atom is -0.354 e.